The van der Waals surface area contributed by atoms with Gasteiger partial charge in [0.05, 0.1) is 3.57 Å². The Balaban J connectivity index is 2.82. The number of ether oxygens (including phenoxy) is 1. The molecular formula is C15H23IO. The van der Waals surface area contributed by atoms with Gasteiger partial charge in [0.2, 0.25) is 0 Å². The number of rotatable bonds is 7. The van der Waals surface area contributed by atoms with Crippen molar-refractivity contribution in [1.82, 2.24) is 0 Å². The first-order valence-corrected chi connectivity index (χ1v) is 7.69. The molecule has 1 rings (SSSR count). The minimum absolute atomic E-state index is 0.0251. The number of hydrogen-bond donors (Lipinski definition) is 0. The quantitative estimate of drug-likeness (QED) is 0.599. The Hall–Kier alpha value is -0.250. The maximum atomic E-state index is 6.33. The molecule has 1 nitrogen and oxygen atoms in total. The number of halogens is 1. The normalized spacial score (nSPS) is 11.5. The summed E-state index contributed by atoms with van der Waals surface area (Å²) in [6.07, 6.45) is 5.78. The van der Waals surface area contributed by atoms with E-state index >= 15 is 0 Å². The summed E-state index contributed by atoms with van der Waals surface area (Å²) in [7, 11) is 0. The lowest BCUT2D eigenvalue weighted by Crippen LogP contribution is -2.34. The molecule has 0 heterocycles. The molecular weight excluding hydrogens is 323 g/mol. The van der Waals surface area contributed by atoms with Crippen LogP contribution in [0.4, 0.5) is 0 Å². The zero-order chi connectivity index (χ0) is 12.7. The van der Waals surface area contributed by atoms with Crippen molar-refractivity contribution in [2.24, 2.45) is 0 Å². The summed E-state index contributed by atoms with van der Waals surface area (Å²) in [5, 5.41) is 0. The smallest absolute Gasteiger partial charge is 0.133 e. The van der Waals surface area contributed by atoms with Gasteiger partial charge in [-0.25, -0.2) is 0 Å². The van der Waals surface area contributed by atoms with Crippen molar-refractivity contribution in [3.63, 3.8) is 0 Å². The van der Waals surface area contributed by atoms with Crippen LogP contribution >= 0.6 is 22.6 Å². The predicted octanol–water partition coefficient (Wildman–Crippen LogP) is 5.42. The highest BCUT2D eigenvalue weighted by Crippen LogP contribution is 2.32. The Morgan fingerprint density at radius 2 is 1.76 bits per heavy atom. The van der Waals surface area contributed by atoms with Crippen LogP contribution in [-0.2, 0) is 0 Å². The molecule has 0 unspecified atom stereocenters. The number of benzene rings is 1. The first-order chi connectivity index (χ1) is 8.17. The summed E-state index contributed by atoms with van der Waals surface area (Å²) in [5.74, 6) is 1.04. The molecule has 0 aromatic heterocycles. The highest BCUT2D eigenvalue weighted by Gasteiger charge is 2.28. The molecule has 0 fully saturated rings. The van der Waals surface area contributed by atoms with Gasteiger partial charge < -0.3 is 4.74 Å². The third-order valence-corrected chi connectivity index (χ3v) is 4.33. The molecule has 17 heavy (non-hydrogen) atoms. The second-order valence-corrected chi connectivity index (χ2v) is 5.69. The second kappa shape index (κ2) is 7.24. The van der Waals surface area contributed by atoms with Crippen LogP contribution < -0.4 is 4.74 Å². The van der Waals surface area contributed by atoms with E-state index in [4.69, 9.17) is 4.74 Å². The van der Waals surface area contributed by atoms with Crippen LogP contribution in [0.1, 0.15) is 52.9 Å². The highest BCUT2D eigenvalue weighted by molar-refractivity contribution is 14.1. The van der Waals surface area contributed by atoms with Gasteiger partial charge in [-0.15, -0.1) is 0 Å². The van der Waals surface area contributed by atoms with E-state index in [1.165, 1.54) is 16.4 Å². The fraction of sp³-hybridized carbons (Fsp3) is 0.600. The molecule has 0 radical (unpaired) electrons. The largest absolute Gasteiger partial charge is 0.486 e. The average molecular weight is 346 g/mol. The van der Waals surface area contributed by atoms with E-state index in [0.29, 0.717) is 0 Å². The maximum Gasteiger partial charge on any atom is 0.133 e. The number of unbranched alkanes of at least 4 members (excludes halogenated alkanes) is 1. The molecule has 1 aromatic rings. The lowest BCUT2D eigenvalue weighted by molar-refractivity contribution is 0.0479. The summed E-state index contributed by atoms with van der Waals surface area (Å²) >= 11 is 2.35. The molecule has 0 bridgehead atoms. The summed E-state index contributed by atoms with van der Waals surface area (Å²) < 4.78 is 7.53. The van der Waals surface area contributed by atoms with E-state index < -0.39 is 0 Å². The molecule has 0 spiro atoms. The van der Waals surface area contributed by atoms with Crippen LogP contribution in [0.25, 0.3) is 0 Å². The van der Waals surface area contributed by atoms with Crippen molar-refractivity contribution in [3.8, 4) is 5.75 Å². The van der Waals surface area contributed by atoms with Gasteiger partial charge >= 0.3 is 0 Å². The minimum Gasteiger partial charge on any atom is -0.486 e. The van der Waals surface area contributed by atoms with Crippen molar-refractivity contribution in [2.45, 2.75) is 58.5 Å². The van der Waals surface area contributed by atoms with Gasteiger partial charge in [-0.05, 0) is 60.4 Å². The summed E-state index contributed by atoms with van der Waals surface area (Å²) in [6.45, 7) is 6.70. The van der Waals surface area contributed by atoms with Gasteiger partial charge in [-0.3, -0.25) is 0 Å². The summed E-state index contributed by atoms with van der Waals surface area (Å²) in [4.78, 5) is 0. The van der Waals surface area contributed by atoms with Gasteiger partial charge in [-0.1, -0.05) is 39.3 Å². The summed E-state index contributed by atoms with van der Waals surface area (Å²) in [6, 6.07) is 8.28. The average Bonchev–Trinajstić information content (AvgIpc) is 2.37. The monoisotopic (exact) mass is 346 g/mol. The number of para-hydroxylation sites is 1. The van der Waals surface area contributed by atoms with E-state index in [0.717, 1.165) is 25.0 Å². The van der Waals surface area contributed by atoms with Crippen LogP contribution in [0, 0.1) is 3.57 Å². The molecule has 0 atom stereocenters. The molecule has 0 aliphatic carbocycles. The zero-order valence-electron chi connectivity index (χ0n) is 11.1. The van der Waals surface area contributed by atoms with Crippen LogP contribution in [0.15, 0.2) is 24.3 Å². The van der Waals surface area contributed by atoms with Gasteiger partial charge in [0.15, 0.2) is 0 Å². The van der Waals surface area contributed by atoms with E-state index in [-0.39, 0.29) is 5.60 Å². The SMILES string of the molecule is CCCCC(CC)(CC)Oc1ccccc1I. The van der Waals surface area contributed by atoms with E-state index in [1.807, 2.05) is 6.07 Å². The van der Waals surface area contributed by atoms with E-state index in [9.17, 15) is 0 Å². The Morgan fingerprint density at radius 3 is 2.29 bits per heavy atom. The van der Waals surface area contributed by atoms with Crippen LogP contribution in [0.5, 0.6) is 5.75 Å². The molecule has 0 saturated heterocycles. The highest BCUT2D eigenvalue weighted by atomic mass is 127. The van der Waals surface area contributed by atoms with Crippen molar-refractivity contribution in [1.29, 1.82) is 0 Å². The lowest BCUT2D eigenvalue weighted by atomic mass is 9.90. The first kappa shape index (κ1) is 14.8. The predicted molar refractivity (Wildman–Crippen MR) is 82.6 cm³/mol. The molecule has 1 aromatic carbocycles. The van der Waals surface area contributed by atoms with Crippen LogP contribution in [0.3, 0.4) is 0 Å². The molecule has 0 amide bonds. The van der Waals surface area contributed by atoms with Gasteiger partial charge in [0.1, 0.15) is 11.4 Å². The minimum atomic E-state index is 0.0251. The Bertz CT molecular complexity index is 331. The van der Waals surface area contributed by atoms with Crippen LogP contribution in [-0.4, -0.2) is 5.60 Å². The maximum absolute atomic E-state index is 6.33. The first-order valence-electron chi connectivity index (χ1n) is 6.61. The van der Waals surface area contributed by atoms with Crippen molar-refractivity contribution in [2.75, 3.05) is 0 Å². The van der Waals surface area contributed by atoms with E-state index in [1.54, 1.807) is 0 Å². The second-order valence-electron chi connectivity index (χ2n) is 4.53. The van der Waals surface area contributed by atoms with Crippen molar-refractivity contribution >= 4 is 22.6 Å². The molecule has 0 saturated carbocycles. The van der Waals surface area contributed by atoms with Gasteiger partial charge in [0.25, 0.3) is 0 Å². The third-order valence-electron chi connectivity index (χ3n) is 3.44. The fourth-order valence-corrected chi connectivity index (χ4v) is 2.56. The Kier molecular flexibility index (Phi) is 6.31. The van der Waals surface area contributed by atoms with Gasteiger partial charge in [0, 0.05) is 0 Å². The van der Waals surface area contributed by atoms with Crippen LogP contribution in [0.2, 0.25) is 0 Å². The molecule has 2 heteroatoms. The lowest BCUT2D eigenvalue weighted by Gasteiger charge is -2.33. The zero-order valence-corrected chi connectivity index (χ0v) is 13.3. The topological polar surface area (TPSA) is 9.23 Å². The Morgan fingerprint density at radius 1 is 1.12 bits per heavy atom. The van der Waals surface area contributed by atoms with E-state index in [2.05, 4.69) is 61.6 Å². The summed E-state index contributed by atoms with van der Waals surface area (Å²) in [5.41, 5.74) is 0.0251. The van der Waals surface area contributed by atoms with Crippen molar-refractivity contribution < 1.29 is 4.74 Å². The fourth-order valence-electron chi connectivity index (χ4n) is 2.06. The Labute approximate surface area is 119 Å². The molecule has 96 valence electrons. The number of hydrogen-bond acceptors (Lipinski definition) is 1. The van der Waals surface area contributed by atoms with Gasteiger partial charge in [-0.2, -0.15) is 0 Å². The van der Waals surface area contributed by atoms with Crippen molar-refractivity contribution in [3.05, 3.63) is 27.8 Å². The molecule has 0 aliphatic rings. The molecule has 0 aliphatic heterocycles. The standard InChI is InChI=1S/C15H23IO/c1-4-7-12-15(5-2,6-3)17-14-11-9-8-10-13(14)16/h8-11H,4-7,12H2,1-3H3. The third kappa shape index (κ3) is 4.16. The molecule has 0 N–H and O–H groups in total.